The molecule has 0 bridgehead atoms. The van der Waals surface area contributed by atoms with Crippen LogP contribution in [0, 0.1) is 6.92 Å². The Morgan fingerprint density at radius 2 is 2.16 bits per heavy atom. The highest BCUT2D eigenvalue weighted by atomic mass is 16.5. The number of amides is 2. The fraction of sp³-hybridized carbons (Fsp3) is 0.474. The topological polar surface area (TPSA) is 70.2 Å². The molecule has 6 nitrogen and oxygen atoms in total. The van der Waals surface area contributed by atoms with Gasteiger partial charge in [-0.05, 0) is 44.4 Å². The fourth-order valence-electron chi connectivity index (χ4n) is 3.27. The van der Waals surface area contributed by atoms with Crippen molar-refractivity contribution in [3.05, 3.63) is 47.3 Å². The number of aromatic nitrogens is 2. The van der Waals surface area contributed by atoms with E-state index in [1.54, 1.807) is 6.20 Å². The summed E-state index contributed by atoms with van der Waals surface area (Å²) in [5, 5.41) is 10.1. The van der Waals surface area contributed by atoms with Gasteiger partial charge in [0.05, 0.1) is 6.61 Å². The summed E-state index contributed by atoms with van der Waals surface area (Å²) < 4.78 is 5.68. The molecule has 1 aromatic heterocycles. The first-order chi connectivity index (χ1) is 12.2. The summed E-state index contributed by atoms with van der Waals surface area (Å²) in [5.41, 5.74) is 3.33. The molecule has 1 aliphatic rings. The molecule has 2 amide bonds. The third-order valence-electron chi connectivity index (χ3n) is 4.70. The summed E-state index contributed by atoms with van der Waals surface area (Å²) >= 11 is 0. The lowest BCUT2D eigenvalue weighted by Gasteiger charge is -2.31. The maximum Gasteiger partial charge on any atom is 0.317 e. The zero-order valence-corrected chi connectivity index (χ0v) is 14.9. The second kappa shape index (κ2) is 8.05. The van der Waals surface area contributed by atoms with Crippen molar-refractivity contribution >= 4 is 6.03 Å². The van der Waals surface area contributed by atoms with Crippen LogP contribution in [0.4, 0.5) is 4.79 Å². The molecule has 0 atom stereocenters. The second-order valence-electron chi connectivity index (χ2n) is 6.48. The summed E-state index contributed by atoms with van der Waals surface area (Å²) in [6.45, 7) is 6.63. The highest BCUT2D eigenvalue weighted by Crippen LogP contribution is 2.26. The number of benzene rings is 1. The van der Waals surface area contributed by atoms with Crippen LogP contribution >= 0.6 is 0 Å². The minimum atomic E-state index is -0.00826. The van der Waals surface area contributed by atoms with Gasteiger partial charge in [0.1, 0.15) is 5.75 Å². The van der Waals surface area contributed by atoms with Crippen LogP contribution in [0.3, 0.4) is 0 Å². The van der Waals surface area contributed by atoms with Gasteiger partial charge < -0.3 is 15.0 Å². The number of carbonyl (C=O) groups is 1. The van der Waals surface area contributed by atoms with Crippen LogP contribution in [0.5, 0.6) is 5.75 Å². The fourth-order valence-corrected chi connectivity index (χ4v) is 3.27. The Balaban J connectivity index is 1.52. The molecule has 134 valence electrons. The highest BCUT2D eigenvalue weighted by molar-refractivity contribution is 5.74. The molecule has 25 heavy (non-hydrogen) atoms. The summed E-state index contributed by atoms with van der Waals surface area (Å²) in [6.07, 6.45) is 3.71. The molecule has 2 N–H and O–H groups in total. The van der Waals surface area contributed by atoms with Gasteiger partial charge in [-0.2, -0.15) is 5.10 Å². The monoisotopic (exact) mass is 342 g/mol. The minimum absolute atomic E-state index is 0.00826. The van der Waals surface area contributed by atoms with Crippen molar-refractivity contribution in [2.45, 2.75) is 39.2 Å². The van der Waals surface area contributed by atoms with Crippen molar-refractivity contribution in [2.75, 3.05) is 19.7 Å². The van der Waals surface area contributed by atoms with Crippen molar-refractivity contribution in [1.29, 1.82) is 0 Å². The molecule has 0 spiro atoms. The molecule has 0 radical (unpaired) electrons. The van der Waals surface area contributed by atoms with Crippen molar-refractivity contribution in [2.24, 2.45) is 0 Å². The lowest BCUT2D eigenvalue weighted by atomic mass is 9.94. The third-order valence-corrected chi connectivity index (χ3v) is 4.70. The summed E-state index contributed by atoms with van der Waals surface area (Å²) in [4.78, 5) is 14.3. The zero-order valence-electron chi connectivity index (χ0n) is 14.9. The predicted molar refractivity (Wildman–Crippen MR) is 96.7 cm³/mol. The van der Waals surface area contributed by atoms with E-state index in [-0.39, 0.29) is 6.03 Å². The number of nitrogens with zero attached hydrogens (tertiary/aromatic N) is 2. The van der Waals surface area contributed by atoms with Gasteiger partial charge in [-0.15, -0.1) is 0 Å². The number of aryl methyl sites for hydroxylation is 1. The minimum Gasteiger partial charge on any atom is -0.494 e. The van der Waals surface area contributed by atoms with Gasteiger partial charge in [0.25, 0.3) is 0 Å². The molecule has 1 aliphatic heterocycles. The van der Waals surface area contributed by atoms with Crippen LogP contribution in [0.2, 0.25) is 0 Å². The van der Waals surface area contributed by atoms with Gasteiger partial charge in [0.2, 0.25) is 0 Å². The molecular weight excluding hydrogens is 316 g/mol. The molecule has 0 saturated carbocycles. The van der Waals surface area contributed by atoms with E-state index < -0.39 is 0 Å². The Labute approximate surface area is 148 Å². The van der Waals surface area contributed by atoms with E-state index in [1.165, 1.54) is 5.69 Å². The number of H-pyrrole nitrogens is 1. The Morgan fingerprint density at radius 1 is 1.36 bits per heavy atom. The summed E-state index contributed by atoms with van der Waals surface area (Å²) in [6, 6.07) is 8.09. The molecule has 2 aromatic rings. The van der Waals surface area contributed by atoms with Crippen molar-refractivity contribution < 1.29 is 9.53 Å². The molecule has 1 saturated heterocycles. The Morgan fingerprint density at radius 3 is 2.84 bits per heavy atom. The van der Waals surface area contributed by atoms with E-state index in [4.69, 9.17) is 4.74 Å². The van der Waals surface area contributed by atoms with Gasteiger partial charge in [-0.1, -0.05) is 12.1 Å². The maximum atomic E-state index is 12.5. The van der Waals surface area contributed by atoms with E-state index in [1.807, 2.05) is 43.0 Å². The highest BCUT2D eigenvalue weighted by Gasteiger charge is 2.24. The molecule has 6 heteroatoms. The Bertz CT molecular complexity index is 691. The number of ether oxygens (including phenoxy) is 1. The summed E-state index contributed by atoms with van der Waals surface area (Å²) in [5.74, 6) is 1.31. The van der Waals surface area contributed by atoms with E-state index in [0.717, 1.165) is 42.8 Å². The lowest BCUT2D eigenvalue weighted by molar-refractivity contribution is 0.180. The van der Waals surface area contributed by atoms with Crippen LogP contribution in [0.1, 0.15) is 42.5 Å². The first-order valence-electron chi connectivity index (χ1n) is 8.91. The van der Waals surface area contributed by atoms with Crippen molar-refractivity contribution in [3.63, 3.8) is 0 Å². The standard InChI is InChI=1S/C19H26N4O2/c1-3-25-18-12-14(2)4-5-16(18)13-20-19(24)23-10-7-15(8-11-23)17-6-9-21-22-17/h4-6,9,12,15H,3,7-8,10-11,13H2,1-2H3,(H,20,24)(H,21,22). The Hall–Kier alpha value is -2.50. The number of hydrogen-bond acceptors (Lipinski definition) is 3. The van der Waals surface area contributed by atoms with Crippen molar-refractivity contribution in [1.82, 2.24) is 20.4 Å². The van der Waals surface area contributed by atoms with Crippen LogP contribution in [0.15, 0.2) is 30.5 Å². The number of hydrogen-bond donors (Lipinski definition) is 2. The lowest BCUT2D eigenvalue weighted by Crippen LogP contribution is -2.43. The number of rotatable bonds is 5. The third kappa shape index (κ3) is 4.32. The zero-order chi connectivity index (χ0) is 17.6. The quantitative estimate of drug-likeness (QED) is 0.876. The van der Waals surface area contributed by atoms with Crippen LogP contribution in [0.25, 0.3) is 0 Å². The maximum absolute atomic E-state index is 12.5. The average molecular weight is 342 g/mol. The summed E-state index contributed by atoms with van der Waals surface area (Å²) in [7, 11) is 0. The van der Waals surface area contributed by atoms with Crippen LogP contribution < -0.4 is 10.1 Å². The molecule has 2 heterocycles. The first kappa shape index (κ1) is 17.3. The largest absolute Gasteiger partial charge is 0.494 e. The molecule has 1 aromatic carbocycles. The SMILES string of the molecule is CCOc1cc(C)ccc1CNC(=O)N1CCC(c2ccn[nH]2)CC1. The predicted octanol–water partition coefficient (Wildman–Crippen LogP) is 3.21. The number of carbonyl (C=O) groups excluding carboxylic acids is 1. The average Bonchev–Trinajstić information content (AvgIpc) is 3.16. The van der Waals surface area contributed by atoms with E-state index in [2.05, 4.69) is 15.5 Å². The van der Waals surface area contributed by atoms with E-state index in [0.29, 0.717) is 19.1 Å². The number of likely N-dealkylation sites (tertiary alicyclic amines) is 1. The molecule has 1 fully saturated rings. The van der Waals surface area contributed by atoms with Gasteiger partial charge in [0, 0.05) is 43.0 Å². The number of nitrogens with one attached hydrogen (secondary N) is 2. The molecule has 0 unspecified atom stereocenters. The normalized spacial score (nSPS) is 15.2. The van der Waals surface area contributed by atoms with Gasteiger partial charge in [-0.3, -0.25) is 5.10 Å². The van der Waals surface area contributed by atoms with Crippen molar-refractivity contribution in [3.8, 4) is 5.75 Å². The number of aromatic amines is 1. The van der Waals surface area contributed by atoms with Crippen LogP contribution in [-0.2, 0) is 6.54 Å². The Kier molecular flexibility index (Phi) is 5.58. The van der Waals surface area contributed by atoms with Crippen LogP contribution in [-0.4, -0.2) is 40.8 Å². The molecular formula is C19H26N4O2. The van der Waals surface area contributed by atoms with Gasteiger partial charge in [-0.25, -0.2) is 4.79 Å². The number of urea groups is 1. The van der Waals surface area contributed by atoms with E-state index >= 15 is 0 Å². The molecule has 3 rings (SSSR count). The smallest absolute Gasteiger partial charge is 0.317 e. The van der Waals surface area contributed by atoms with E-state index in [9.17, 15) is 4.79 Å². The number of piperidine rings is 1. The van der Waals surface area contributed by atoms with Gasteiger partial charge >= 0.3 is 6.03 Å². The second-order valence-corrected chi connectivity index (χ2v) is 6.48. The van der Waals surface area contributed by atoms with Gasteiger partial charge in [0.15, 0.2) is 0 Å². The first-order valence-corrected chi connectivity index (χ1v) is 8.91. The molecule has 0 aliphatic carbocycles.